The van der Waals surface area contributed by atoms with Crippen molar-refractivity contribution in [1.82, 2.24) is 14.7 Å². The summed E-state index contributed by atoms with van der Waals surface area (Å²) in [6.45, 7) is 3.24. The molecule has 2 aromatic carbocycles. The van der Waals surface area contributed by atoms with Crippen LogP contribution in [0.5, 0.6) is 11.5 Å². The van der Waals surface area contributed by atoms with E-state index < -0.39 is 44.3 Å². The van der Waals surface area contributed by atoms with E-state index in [9.17, 15) is 32.0 Å². The molecule has 1 saturated heterocycles. The number of hydrogen-bond donors (Lipinski definition) is 2. The Hall–Kier alpha value is -2.80. The van der Waals surface area contributed by atoms with Gasteiger partial charge in [0.1, 0.15) is 11.8 Å². The first-order valence-corrected chi connectivity index (χ1v) is 14.0. The molecule has 0 unspecified atom stereocenters. The average molecular weight is 574 g/mol. The Balaban J connectivity index is 1.88. The number of amides is 2. The predicted octanol–water partition coefficient (Wildman–Crippen LogP) is 4.33. The van der Waals surface area contributed by atoms with Crippen LogP contribution >= 0.6 is 11.6 Å². The van der Waals surface area contributed by atoms with E-state index in [1.54, 1.807) is 0 Å². The topological polar surface area (TPSA) is 116 Å². The summed E-state index contributed by atoms with van der Waals surface area (Å²) in [5.74, 6) is -4.85. The second kappa shape index (κ2) is 12.8. The van der Waals surface area contributed by atoms with Crippen LogP contribution < -0.4 is 10.2 Å². The number of carbonyl (C=O) groups excluding carboxylic acids is 2. The Bertz CT molecular complexity index is 1230. The standard InChI is InChI=1S/C25H30ClF2N3O6S/c1-3-5-16(6-4-2)25(33)30-11-12-31(22(15-30)24(32)29-34)38(35,36)19-13-20(27)23(21(28)14-19)37-18-9-7-17(26)8-10-18/h7-10,13-14,16,22,34H,3-6,11-12,15H2,1-2H3,(H,29,32)/t22-/m0/s1. The molecule has 1 heterocycles. The third-order valence-corrected chi connectivity index (χ3v) is 8.43. The Kier molecular flexibility index (Phi) is 10.0. The van der Waals surface area contributed by atoms with Gasteiger partial charge in [0.15, 0.2) is 17.4 Å². The molecular weight excluding hydrogens is 544 g/mol. The zero-order valence-corrected chi connectivity index (χ0v) is 22.6. The molecule has 1 fully saturated rings. The van der Waals surface area contributed by atoms with Gasteiger partial charge in [0.2, 0.25) is 15.9 Å². The SMILES string of the molecule is CCCC(CCC)C(=O)N1CCN(S(=O)(=O)c2cc(F)c(Oc3ccc(Cl)cc3)c(F)c2)[C@H](C(=O)NO)C1. The zero-order chi connectivity index (χ0) is 28.0. The Labute approximate surface area is 225 Å². The van der Waals surface area contributed by atoms with E-state index in [2.05, 4.69) is 0 Å². The van der Waals surface area contributed by atoms with Crippen molar-refractivity contribution in [2.24, 2.45) is 5.92 Å². The van der Waals surface area contributed by atoms with Crippen LogP contribution in [-0.2, 0) is 19.6 Å². The smallest absolute Gasteiger partial charge is 0.263 e. The molecule has 13 heteroatoms. The molecule has 2 amide bonds. The lowest BCUT2D eigenvalue weighted by Crippen LogP contribution is -2.61. The number of carbonyl (C=O) groups is 2. The second-order valence-corrected chi connectivity index (χ2v) is 11.3. The first-order valence-electron chi connectivity index (χ1n) is 12.2. The van der Waals surface area contributed by atoms with Crippen molar-refractivity contribution in [1.29, 1.82) is 0 Å². The number of ether oxygens (including phenoxy) is 1. The molecule has 2 N–H and O–H groups in total. The van der Waals surface area contributed by atoms with Crippen molar-refractivity contribution >= 4 is 33.4 Å². The van der Waals surface area contributed by atoms with Crippen molar-refractivity contribution in [3.8, 4) is 11.5 Å². The van der Waals surface area contributed by atoms with Gasteiger partial charge >= 0.3 is 0 Å². The van der Waals surface area contributed by atoms with Crippen LogP contribution in [0.3, 0.4) is 0 Å². The van der Waals surface area contributed by atoms with Crippen molar-refractivity contribution < 1.29 is 36.7 Å². The minimum Gasteiger partial charge on any atom is -0.451 e. The van der Waals surface area contributed by atoms with E-state index in [0.29, 0.717) is 30.0 Å². The lowest BCUT2D eigenvalue weighted by atomic mass is 9.96. The van der Waals surface area contributed by atoms with E-state index in [1.807, 2.05) is 13.8 Å². The Morgan fingerprint density at radius 2 is 1.68 bits per heavy atom. The molecular formula is C25H30ClF2N3O6S. The summed E-state index contributed by atoms with van der Waals surface area (Å²) in [4.78, 5) is 26.2. The molecule has 1 aliphatic rings. The largest absolute Gasteiger partial charge is 0.451 e. The highest BCUT2D eigenvalue weighted by molar-refractivity contribution is 7.89. The number of nitrogens with one attached hydrogen (secondary N) is 1. The van der Waals surface area contributed by atoms with Crippen LogP contribution in [-0.4, -0.2) is 60.3 Å². The summed E-state index contributed by atoms with van der Waals surface area (Å²) in [5, 5.41) is 9.64. The molecule has 9 nitrogen and oxygen atoms in total. The van der Waals surface area contributed by atoms with E-state index >= 15 is 0 Å². The number of hydrogen-bond acceptors (Lipinski definition) is 6. The van der Waals surface area contributed by atoms with E-state index in [4.69, 9.17) is 16.3 Å². The molecule has 0 aromatic heterocycles. The van der Waals surface area contributed by atoms with E-state index in [1.165, 1.54) is 34.6 Å². The van der Waals surface area contributed by atoms with Crippen LogP contribution in [0.1, 0.15) is 39.5 Å². The van der Waals surface area contributed by atoms with Gasteiger partial charge in [0.05, 0.1) is 4.90 Å². The highest BCUT2D eigenvalue weighted by Crippen LogP contribution is 2.32. The van der Waals surface area contributed by atoms with Crippen LogP contribution in [0.4, 0.5) is 8.78 Å². The van der Waals surface area contributed by atoms with Gasteiger partial charge in [-0.05, 0) is 49.2 Å². The highest BCUT2D eigenvalue weighted by atomic mass is 35.5. The van der Waals surface area contributed by atoms with Crippen molar-refractivity contribution in [2.45, 2.75) is 50.5 Å². The maximum Gasteiger partial charge on any atom is 0.263 e. The number of nitrogens with zero attached hydrogens (tertiary/aromatic N) is 2. The zero-order valence-electron chi connectivity index (χ0n) is 21.0. The number of sulfonamides is 1. The van der Waals surface area contributed by atoms with Gasteiger partial charge in [-0.15, -0.1) is 0 Å². The maximum atomic E-state index is 14.9. The molecule has 0 radical (unpaired) electrons. The van der Waals surface area contributed by atoms with Gasteiger partial charge in [-0.1, -0.05) is 38.3 Å². The maximum absolute atomic E-state index is 14.9. The normalized spacial score (nSPS) is 16.5. The number of halogens is 3. The summed E-state index contributed by atoms with van der Waals surface area (Å²) >= 11 is 5.80. The van der Waals surface area contributed by atoms with Crippen molar-refractivity contribution in [2.75, 3.05) is 19.6 Å². The molecule has 2 aromatic rings. The molecule has 0 saturated carbocycles. The Morgan fingerprint density at radius 3 is 2.21 bits per heavy atom. The quantitative estimate of drug-likeness (QED) is 0.323. The van der Waals surface area contributed by atoms with Crippen LogP contribution in [0, 0.1) is 17.6 Å². The second-order valence-electron chi connectivity index (χ2n) is 8.94. The molecule has 0 aliphatic carbocycles. The summed E-state index contributed by atoms with van der Waals surface area (Å²) in [6, 6.07) is 5.35. The third kappa shape index (κ3) is 6.60. The molecule has 1 atom stereocenters. The van der Waals surface area contributed by atoms with Crippen LogP contribution in [0.15, 0.2) is 41.3 Å². The lowest BCUT2D eigenvalue weighted by molar-refractivity contribution is -0.142. The highest BCUT2D eigenvalue weighted by Gasteiger charge is 2.42. The van der Waals surface area contributed by atoms with Crippen LogP contribution in [0.2, 0.25) is 5.02 Å². The molecule has 3 rings (SSSR count). The number of hydroxylamine groups is 1. The molecule has 0 bridgehead atoms. The van der Waals surface area contributed by atoms with E-state index in [-0.39, 0.29) is 37.2 Å². The number of rotatable bonds is 10. The molecule has 0 spiro atoms. The first kappa shape index (κ1) is 29.8. The van der Waals surface area contributed by atoms with Gasteiger partial charge in [0.25, 0.3) is 5.91 Å². The van der Waals surface area contributed by atoms with E-state index in [0.717, 1.165) is 17.1 Å². The summed E-state index contributed by atoms with van der Waals surface area (Å²) in [5.41, 5.74) is 1.43. The van der Waals surface area contributed by atoms with Gasteiger partial charge in [-0.3, -0.25) is 14.8 Å². The van der Waals surface area contributed by atoms with Gasteiger partial charge in [-0.25, -0.2) is 22.7 Å². The van der Waals surface area contributed by atoms with Gasteiger partial charge in [0, 0.05) is 30.6 Å². The summed E-state index contributed by atoms with van der Waals surface area (Å²) in [6.07, 6.45) is 2.84. The first-order chi connectivity index (χ1) is 18.0. The lowest BCUT2D eigenvalue weighted by Gasteiger charge is -2.40. The average Bonchev–Trinajstić information content (AvgIpc) is 2.90. The summed E-state index contributed by atoms with van der Waals surface area (Å²) < 4.78 is 62.5. The van der Waals surface area contributed by atoms with Crippen molar-refractivity contribution in [3.05, 3.63) is 53.1 Å². The monoisotopic (exact) mass is 573 g/mol. The van der Waals surface area contributed by atoms with Crippen LogP contribution in [0.25, 0.3) is 0 Å². The predicted molar refractivity (Wildman–Crippen MR) is 135 cm³/mol. The fraction of sp³-hybridized carbons (Fsp3) is 0.440. The fourth-order valence-corrected chi connectivity index (χ4v) is 6.15. The third-order valence-electron chi connectivity index (χ3n) is 6.29. The molecule has 208 valence electrons. The minimum atomic E-state index is -4.63. The fourth-order valence-electron chi connectivity index (χ4n) is 4.43. The van der Waals surface area contributed by atoms with Gasteiger partial charge < -0.3 is 9.64 Å². The Morgan fingerprint density at radius 1 is 1.11 bits per heavy atom. The number of benzene rings is 2. The minimum absolute atomic E-state index is 0.0279. The van der Waals surface area contributed by atoms with Gasteiger partial charge in [-0.2, -0.15) is 4.31 Å². The number of piperazine rings is 1. The van der Waals surface area contributed by atoms with Crippen molar-refractivity contribution in [3.63, 3.8) is 0 Å². The summed E-state index contributed by atoms with van der Waals surface area (Å²) in [7, 11) is -4.63. The molecule has 1 aliphatic heterocycles. The molecule has 38 heavy (non-hydrogen) atoms.